The molecule has 0 aliphatic rings. The zero-order valence-corrected chi connectivity index (χ0v) is 16.6. The number of hydrogen-bond acceptors (Lipinski definition) is 4. The number of hydrogen-bond donors (Lipinski definition) is 1. The Morgan fingerprint density at radius 2 is 2.00 bits per heavy atom. The summed E-state index contributed by atoms with van der Waals surface area (Å²) in [7, 11) is 0. The number of nitrogens with zero attached hydrogens (tertiary/aromatic N) is 4. The molecule has 0 saturated heterocycles. The summed E-state index contributed by atoms with van der Waals surface area (Å²) in [6, 6.07) is 12.1. The Kier molecular flexibility index (Phi) is 5.08. The second-order valence-corrected chi connectivity index (χ2v) is 7.52. The van der Waals surface area contributed by atoms with Crippen LogP contribution in [0.4, 0.5) is 0 Å². The first-order valence-electron chi connectivity index (χ1n) is 9.04. The minimum atomic E-state index is -0.0910. The van der Waals surface area contributed by atoms with Gasteiger partial charge in [0.2, 0.25) is 0 Å². The number of aromatic nitrogens is 4. The Morgan fingerprint density at radius 1 is 1.18 bits per heavy atom. The molecule has 0 aliphatic heterocycles. The van der Waals surface area contributed by atoms with E-state index in [1.807, 2.05) is 58.9 Å². The maximum Gasteiger partial charge on any atom is 0.253 e. The van der Waals surface area contributed by atoms with Crippen molar-refractivity contribution in [2.75, 3.05) is 0 Å². The van der Waals surface area contributed by atoms with E-state index < -0.39 is 0 Å². The standard InChI is InChI=1S/C21H21N5OS/c1-15-10-19(16(2)26(15)21-22-8-9-28-21)20(27)23-11-18-12-24-25(14-18)13-17-6-4-3-5-7-17/h3-10,12,14H,11,13H2,1-2H3,(H,23,27). The molecular formula is C21H21N5OS. The molecule has 1 aromatic carbocycles. The fourth-order valence-electron chi connectivity index (χ4n) is 3.25. The number of carbonyl (C=O) groups is 1. The summed E-state index contributed by atoms with van der Waals surface area (Å²) >= 11 is 1.55. The third-order valence-electron chi connectivity index (χ3n) is 4.61. The lowest BCUT2D eigenvalue weighted by atomic mass is 10.2. The van der Waals surface area contributed by atoms with Crippen molar-refractivity contribution in [2.45, 2.75) is 26.9 Å². The monoisotopic (exact) mass is 391 g/mol. The Labute approximate surface area is 167 Å². The van der Waals surface area contributed by atoms with Gasteiger partial charge in [0.25, 0.3) is 5.91 Å². The van der Waals surface area contributed by atoms with Gasteiger partial charge < -0.3 is 5.32 Å². The van der Waals surface area contributed by atoms with Gasteiger partial charge in [0.1, 0.15) is 0 Å². The fraction of sp³-hybridized carbons (Fsp3) is 0.190. The molecule has 3 heterocycles. The lowest BCUT2D eigenvalue weighted by molar-refractivity contribution is 0.0950. The number of carbonyl (C=O) groups excluding carboxylic acids is 1. The van der Waals surface area contributed by atoms with Crippen molar-refractivity contribution in [3.05, 3.63) is 88.4 Å². The Bertz CT molecular complexity index is 1080. The van der Waals surface area contributed by atoms with E-state index >= 15 is 0 Å². The van der Waals surface area contributed by atoms with Gasteiger partial charge in [0, 0.05) is 41.3 Å². The molecule has 4 rings (SSSR count). The van der Waals surface area contributed by atoms with Gasteiger partial charge in [-0.05, 0) is 25.5 Å². The number of rotatable bonds is 6. The van der Waals surface area contributed by atoms with Crippen LogP contribution in [0.5, 0.6) is 0 Å². The molecule has 0 bridgehead atoms. The smallest absolute Gasteiger partial charge is 0.253 e. The van der Waals surface area contributed by atoms with Crippen LogP contribution in [0.3, 0.4) is 0 Å². The highest BCUT2D eigenvalue weighted by atomic mass is 32.1. The minimum absolute atomic E-state index is 0.0910. The number of aryl methyl sites for hydroxylation is 1. The van der Waals surface area contributed by atoms with E-state index in [0.717, 1.165) is 22.1 Å². The first-order valence-corrected chi connectivity index (χ1v) is 9.92. The molecule has 6 nitrogen and oxygen atoms in total. The molecule has 4 aromatic rings. The minimum Gasteiger partial charge on any atom is -0.348 e. The third kappa shape index (κ3) is 3.75. The van der Waals surface area contributed by atoms with E-state index in [-0.39, 0.29) is 5.91 Å². The van der Waals surface area contributed by atoms with Crippen molar-refractivity contribution in [3.8, 4) is 5.13 Å². The van der Waals surface area contributed by atoms with Crippen LogP contribution >= 0.6 is 11.3 Å². The van der Waals surface area contributed by atoms with Crippen LogP contribution in [-0.2, 0) is 13.1 Å². The quantitative estimate of drug-likeness (QED) is 0.545. The number of thiazole rings is 1. The summed E-state index contributed by atoms with van der Waals surface area (Å²) in [6.45, 7) is 5.08. The fourth-order valence-corrected chi connectivity index (χ4v) is 4.00. The first-order chi connectivity index (χ1) is 13.6. The molecule has 3 aromatic heterocycles. The van der Waals surface area contributed by atoms with Crippen LogP contribution in [-0.4, -0.2) is 25.2 Å². The molecular weight excluding hydrogens is 370 g/mol. The van der Waals surface area contributed by atoms with Crippen molar-refractivity contribution < 1.29 is 4.79 Å². The van der Waals surface area contributed by atoms with Crippen LogP contribution in [0.25, 0.3) is 5.13 Å². The van der Waals surface area contributed by atoms with Crippen molar-refractivity contribution >= 4 is 17.2 Å². The summed E-state index contributed by atoms with van der Waals surface area (Å²) in [5.41, 5.74) is 4.72. The molecule has 1 amide bonds. The molecule has 142 valence electrons. The average Bonchev–Trinajstić information content (AvgIpc) is 3.42. The average molecular weight is 392 g/mol. The highest BCUT2D eigenvalue weighted by molar-refractivity contribution is 7.12. The second-order valence-electron chi connectivity index (χ2n) is 6.65. The van der Waals surface area contributed by atoms with E-state index in [0.29, 0.717) is 18.7 Å². The van der Waals surface area contributed by atoms with Crippen LogP contribution in [0, 0.1) is 13.8 Å². The van der Waals surface area contributed by atoms with E-state index in [2.05, 4.69) is 27.5 Å². The van der Waals surface area contributed by atoms with E-state index in [9.17, 15) is 4.79 Å². The van der Waals surface area contributed by atoms with Crippen LogP contribution in [0.2, 0.25) is 0 Å². The van der Waals surface area contributed by atoms with Gasteiger partial charge in [-0.3, -0.25) is 14.0 Å². The number of amides is 1. The van der Waals surface area contributed by atoms with Crippen molar-refractivity contribution in [1.82, 2.24) is 24.6 Å². The van der Waals surface area contributed by atoms with E-state index in [1.54, 1.807) is 23.7 Å². The molecule has 0 fully saturated rings. The van der Waals surface area contributed by atoms with Crippen LogP contribution < -0.4 is 5.32 Å². The van der Waals surface area contributed by atoms with Crippen molar-refractivity contribution in [2.24, 2.45) is 0 Å². The molecule has 0 saturated carbocycles. The lowest BCUT2D eigenvalue weighted by Gasteiger charge is -2.06. The van der Waals surface area contributed by atoms with Gasteiger partial charge >= 0.3 is 0 Å². The van der Waals surface area contributed by atoms with Crippen molar-refractivity contribution in [1.29, 1.82) is 0 Å². The topological polar surface area (TPSA) is 64.7 Å². The lowest BCUT2D eigenvalue weighted by Crippen LogP contribution is -2.23. The molecule has 0 atom stereocenters. The Balaban J connectivity index is 1.42. The normalized spacial score (nSPS) is 10.9. The Morgan fingerprint density at radius 3 is 2.75 bits per heavy atom. The number of nitrogens with one attached hydrogen (secondary N) is 1. The highest BCUT2D eigenvalue weighted by Gasteiger charge is 2.17. The predicted molar refractivity (Wildman–Crippen MR) is 110 cm³/mol. The maximum absolute atomic E-state index is 12.7. The van der Waals surface area contributed by atoms with Crippen molar-refractivity contribution in [3.63, 3.8) is 0 Å². The van der Waals surface area contributed by atoms with Gasteiger partial charge in [0.15, 0.2) is 5.13 Å². The highest BCUT2D eigenvalue weighted by Crippen LogP contribution is 2.22. The molecule has 0 radical (unpaired) electrons. The van der Waals surface area contributed by atoms with Gasteiger partial charge in [-0.25, -0.2) is 4.98 Å². The van der Waals surface area contributed by atoms with Gasteiger partial charge in [-0.1, -0.05) is 30.3 Å². The van der Waals surface area contributed by atoms with Gasteiger partial charge in [0.05, 0.1) is 18.3 Å². The third-order valence-corrected chi connectivity index (χ3v) is 5.37. The van der Waals surface area contributed by atoms with Crippen LogP contribution in [0.1, 0.15) is 32.9 Å². The van der Waals surface area contributed by atoms with E-state index in [1.165, 1.54) is 5.56 Å². The zero-order valence-electron chi connectivity index (χ0n) is 15.8. The molecule has 0 spiro atoms. The van der Waals surface area contributed by atoms with Crippen LogP contribution in [0.15, 0.2) is 60.4 Å². The zero-order chi connectivity index (χ0) is 19.5. The molecule has 28 heavy (non-hydrogen) atoms. The largest absolute Gasteiger partial charge is 0.348 e. The summed E-state index contributed by atoms with van der Waals surface area (Å²) < 4.78 is 3.89. The SMILES string of the molecule is Cc1cc(C(=O)NCc2cnn(Cc3ccccc3)c2)c(C)n1-c1nccs1. The molecule has 0 aliphatic carbocycles. The summed E-state index contributed by atoms with van der Waals surface area (Å²) in [5.74, 6) is -0.0910. The second kappa shape index (κ2) is 7.82. The first kappa shape index (κ1) is 18.2. The number of benzene rings is 1. The maximum atomic E-state index is 12.7. The molecule has 0 unspecified atom stereocenters. The van der Waals surface area contributed by atoms with Gasteiger partial charge in [-0.15, -0.1) is 11.3 Å². The molecule has 1 N–H and O–H groups in total. The Hall–Kier alpha value is -3.19. The van der Waals surface area contributed by atoms with Gasteiger partial charge in [-0.2, -0.15) is 5.10 Å². The summed E-state index contributed by atoms with van der Waals surface area (Å²) in [5, 5.41) is 10.2. The summed E-state index contributed by atoms with van der Waals surface area (Å²) in [6.07, 6.45) is 5.53. The predicted octanol–water partition coefficient (Wildman–Crippen LogP) is 3.73. The van der Waals surface area contributed by atoms with E-state index in [4.69, 9.17) is 0 Å². The molecule has 7 heteroatoms. The summed E-state index contributed by atoms with van der Waals surface area (Å²) in [4.78, 5) is 17.1.